The first kappa shape index (κ1) is 24.7. The van der Waals surface area contributed by atoms with Crippen LogP contribution in [0.2, 0.25) is 0 Å². The van der Waals surface area contributed by atoms with E-state index in [0.717, 1.165) is 17.8 Å². The monoisotopic (exact) mass is 518 g/mol. The Balaban J connectivity index is 1.50. The van der Waals surface area contributed by atoms with Crippen molar-refractivity contribution in [1.29, 1.82) is 0 Å². The highest BCUT2D eigenvalue weighted by Gasteiger charge is 2.35. The summed E-state index contributed by atoms with van der Waals surface area (Å²) in [7, 11) is 1.38. The smallest absolute Gasteiger partial charge is 0.416 e. The van der Waals surface area contributed by atoms with E-state index in [1.165, 1.54) is 25.3 Å². The number of guanidine groups is 1. The van der Waals surface area contributed by atoms with Crippen molar-refractivity contribution in [3.8, 4) is 11.5 Å². The molecule has 0 atom stereocenters. The van der Waals surface area contributed by atoms with Crippen LogP contribution in [0.5, 0.6) is 11.5 Å². The lowest BCUT2D eigenvalue weighted by atomic mass is 10.1. The molecule has 2 aliphatic heterocycles. The average molecular weight is 518 g/mol. The molecule has 0 unspecified atom stereocenters. The molecule has 0 aromatic heterocycles. The van der Waals surface area contributed by atoms with E-state index in [1.807, 2.05) is 15.9 Å². The third-order valence-electron chi connectivity index (χ3n) is 6.48. The first-order valence-electron chi connectivity index (χ1n) is 11.6. The lowest BCUT2D eigenvalue weighted by Crippen LogP contribution is -2.54. The van der Waals surface area contributed by atoms with Gasteiger partial charge in [0, 0.05) is 48.0 Å². The van der Waals surface area contributed by atoms with E-state index in [-0.39, 0.29) is 29.4 Å². The zero-order valence-electron chi connectivity index (χ0n) is 19.8. The van der Waals surface area contributed by atoms with Gasteiger partial charge >= 0.3 is 6.18 Å². The second-order valence-electron chi connectivity index (χ2n) is 8.68. The van der Waals surface area contributed by atoms with E-state index >= 15 is 0 Å². The number of alkyl halides is 3. The highest BCUT2D eigenvalue weighted by Crippen LogP contribution is 2.40. The third kappa shape index (κ3) is 4.85. The summed E-state index contributed by atoms with van der Waals surface area (Å²) in [5, 5.41) is 0. The van der Waals surface area contributed by atoms with Gasteiger partial charge < -0.3 is 19.4 Å². The molecule has 0 saturated carbocycles. The summed E-state index contributed by atoms with van der Waals surface area (Å²) in [4.78, 5) is 14.0. The van der Waals surface area contributed by atoms with Gasteiger partial charge in [0.05, 0.1) is 24.9 Å². The quantitative estimate of drug-likeness (QED) is 0.400. The maximum Gasteiger partial charge on any atom is 0.416 e. The highest BCUT2D eigenvalue weighted by molar-refractivity contribution is 6.00. The fourth-order valence-electron chi connectivity index (χ4n) is 4.62. The van der Waals surface area contributed by atoms with Crippen LogP contribution >= 0.6 is 0 Å². The zero-order chi connectivity index (χ0) is 26.2. The van der Waals surface area contributed by atoms with Crippen LogP contribution in [-0.2, 0) is 12.7 Å². The van der Waals surface area contributed by atoms with Crippen LogP contribution in [0, 0.1) is 5.82 Å². The van der Waals surface area contributed by atoms with Crippen LogP contribution in [0.15, 0.2) is 65.7 Å². The average Bonchev–Trinajstić information content (AvgIpc) is 2.92. The maximum absolute atomic E-state index is 14.7. The van der Waals surface area contributed by atoms with Gasteiger partial charge in [0.1, 0.15) is 17.3 Å². The van der Waals surface area contributed by atoms with Crippen molar-refractivity contribution in [1.82, 2.24) is 4.90 Å². The first-order valence-corrected chi connectivity index (χ1v) is 11.6. The van der Waals surface area contributed by atoms with Crippen LogP contribution in [0.1, 0.15) is 11.1 Å². The number of fused-ring (bicyclic) bond motifs is 1. The molecule has 3 aromatic carbocycles. The standard InChI is InChI=1S/C26H23F5N4O2/c1-36-23-9-8-18(26(28,29)30)14-22(23)35-16-17-4-2-7-21(27)24(17)32-25(35)34-12-10-33(11-13-34)19-5-3-6-20(15-19)37-31/h2-9,14-15H,10-13,16H2,1H3. The summed E-state index contributed by atoms with van der Waals surface area (Å²) < 4.78 is 73.5. The summed E-state index contributed by atoms with van der Waals surface area (Å²) >= 11 is 0. The predicted molar refractivity (Wildman–Crippen MR) is 130 cm³/mol. The number of halogens is 5. The Kier molecular flexibility index (Phi) is 6.53. The fraction of sp³-hybridized carbons (Fsp3) is 0.269. The second kappa shape index (κ2) is 9.79. The van der Waals surface area contributed by atoms with Gasteiger partial charge in [-0.25, -0.2) is 9.38 Å². The van der Waals surface area contributed by atoms with Gasteiger partial charge in [0.2, 0.25) is 5.96 Å². The molecule has 2 aliphatic rings. The third-order valence-corrected chi connectivity index (χ3v) is 6.48. The normalized spacial score (nSPS) is 15.8. The molecule has 0 amide bonds. The van der Waals surface area contributed by atoms with E-state index in [0.29, 0.717) is 37.7 Å². The fourth-order valence-corrected chi connectivity index (χ4v) is 4.62. The Morgan fingerprint density at radius 3 is 2.32 bits per heavy atom. The number of nitrogens with zero attached hydrogens (tertiary/aromatic N) is 4. The molecule has 37 heavy (non-hydrogen) atoms. The number of ether oxygens (including phenoxy) is 1. The van der Waals surface area contributed by atoms with Gasteiger partial charge in [0.15, 0.2) is 5.75 Å². The van der Waals surface area contributed by atoms with Gasteiger partial charge in [-0.1, -0.05) is 18.2 Å². The molecule has 0 aliphatic carbocycles. The predicted octanol–water partition coefficient (Wildman–Crippen LogP) is 5.95. The van der Waals surface area contributed by atoms with Gasteiger partial charge in [0.25, 0.3) is 0 Å². The van der Waals surface area contributed by atoms with Gasteiger partial charge in [-0.05, 0) is 36.4 Å². The number of methoxy groups -OCH3 is 1. The number of anilines is 2. The molecule has 0 radical (unpaired) electrons. The molecule has 1 saturated heterocycles. The largest absolute Gasteiger partial charge is 0.495 e. The Morgan fingerprint density at radius 1 is 0.892 bits per heavy atom. The number of hydrogen-bond donors (Lipinski definition) is 0. The van der Waals surface area contributed by atoms with E-state index in [4.69, 9.17) is 4.74 Å². The molecule has 0 bridgehead atoms. The molecular formula is C26H23F5N4O2. The first-order chi connectivity index (χ1) is 17.8. The summed E-state index contributed by atoms with van der Waals surface area (Å²) in [5.74, 6) is 0.150. The molecule has 2 heterocycles. The van der Waals surface area contributed by atoms with Crippen molar-refractivity contribution in [3.05, 3.63) is 77.6 Å². The number of hydrogen-bond acceptors (Lipinski definition) is 6. The summed E-state index contributed by atoms with van der Waals surface area (Å²) in [6.07, 6.45) is -4.55. The van der Waals surface area contributed by atoms with Crippen molar-refractivity contribution in [2.45, 2.75) is 12.7 Å². The summed E-state index contributed by atoms with van der Waals surface area (Å²) in [6.45, 7) is 2.04. The topological polar surface area (TPSA) is 40.5 Å². The lowest BCUT2D eigenvalue weighted by Gasteiger charge is -2.42. The van der Waals surface area contributed by atoms with E-state index in [9.17, 15) is 22.1 Å². The molecule has 3 aromatic rings. The second-order valence-corrected chi connectivity index (χ2v) is 8.68. The molecular weight excluding hydrogens is 495 g/mol. The molecule has 0 N–H and O–H groups in total. The van der Waals surface area contributed by atoms with Crippen LogP contribution in [0.3, 0.4) is 0 Å². The molecule has 5 rings (SSSR count). The van der Waals surface area contributed by atoms with E-state index < -0.39 is 17.6 Å². The van der Waals surface area contributed by atoms with E-state index in [2.05, 4.69) is 9.93 Å². The van der Waals surface area contributed by atoms with Gasteiger partial charge in [-0.3, -0.25) is 4.94 Å². The SMILES string of the molecule is COc1ccc(C(F)(F)F)cc1N1Cc2cccc(F)c2N=C1N1CCN(c2cccc(OF)c2)CC1. The Morgan fingerprint density at radius 2 is 1.62 bits per heavy atom. The minimum atomic E-state index is -4.55. The molecule has 1 fully saturated rings. The number of aliphatic imine (C=N–C) groups is 1. The lowest BCUT2D eigenvalue weighted by molar-refractivity contribution is -0.137. The number of benzene rings is 3. The minimum Gasteiger partial charge on any atom is -0.495 e. The van der Waals surface area contributed by atoms with Gasteiger partial charge in [-0.15, -0.1) is 0 Å². The number of para-hydroxylation sites is 1. The maximum atomic E-state index is 14.7. The van der Waals surface area contributed by atoms with Crippen LogP contribution < -0.4 is 19.5 Å². The van der Waals surface area contributed by atoms with Crippen molar-refractivity contribution < 1.29 is 31.8 Å². The summed E-state index contributed by atoms with van der Waals surface area (Å²) in [6, 6.07) is 14.4. The Hall–Kier alpha value is -4.02. The number of rotatable bonds is 4. The van der Waals surface area contributed by atoms with Crippen LogP contribution in [0.25, 0.3) is 0 Å². The molecule has 6 nitrogen and oxygen atoms in total. The van der Waals surface area contributed by atoms with Crippen LogP contribution in [-0.4, -0.2) is 44.1 Å². The summed E-state index contributed by atoms with van der Waals surface area (Å²) in [5.41, 5.74) is 0.835. The zero-order valence-corrected chi connectivity index (χ0v) is 19.8. The van der Waals surface area contributed by atoms with Crippen molar-refractivity contribution in [2.24, 2.45) is 4.99 Å². The van der Waals surface area contributed by atoms with Crippen LogP contribution in [0.4, 0.5) is 39.1 Å². The molecule has 11 heteroatoms. The van der Waals surface area contributed by atoms with Gasteiger partial charge in [-0.2, -0.15) is 13.2 Å². The van der Waals surface area contributed by atoms with Crippen molar-refractivity contribution >= 4 is 23.0 Å². The Bertz CT molecular complexity index is 1320. The van der Waals surface area contributed by atoms with E-state index in [1.54, 1.807) is 29.2 Å². The van der Waals surface area contributed by atoms with Crippen molar-refractivity contribution in [2.75, 3.05) is 43.1 Å². The number of piperazine rings is 1. The Labute approximate surface area is 210 Å². The minimum absolute atomic E-state index is 0.0893. The molecule has 0 spiro atoms. The van der Waals surface area contributed by atoms with Crippen molar-refractivity contribution in [3.63, 3.8) is 0 Å². The molecule has 194 valence electrons. The highest BCUT2D eigenvalue weighted by atomic mass is 19.4.